The summed E-state index contributed by atoms with van der Waals surface area (Å²) in [6, 6.07) is 26.2. The van der Waals surface area contributed by atoms with Crippen LogP contribution in [0.5, 0.6) is 0 Å². The van der Waals surface area contributed by atoms with E-state index in [4.69, 9.17) is 17.2 Å². The summed E-state index contributed by atoms with van der Waals surface area (Å²) in [6.45, 7) is 1.83. The van der Waals surface area contributed by atoms with Crippen molar-refractivity contribution >= 4 is 86.1 Å². The zero-order valence-electron chi connectivity index (χ0n) is 35.0. The van der Waals surface area contributed by atoms with E-state index in [0.717, 1.165) is 41.7 Å². The fourth-order valence-electron chi connectivity index (χ4n) is 5.05. The first-order valence-corrected chi connectivity index (χ1v) is 21.9. The molecule has 1 aromatic heterocycles. The predicted molar refractivity (Wildman–Crippen MR) is 245 cm³/mol. The van der Waals surface area contributed by atoms with Crippen molar-refractivity contribution in [3.05, 3.63) is 155 Å². The fraction of sp³-hybridized carbons (Fsp3) is 0.156. The first-order valence-electron chi connectivity index (χ1n) is 19.4. The van der Waals surface area contributed by atoms with Crippen molar-refractivity contribution in [1.29, 1.82) is 0 Å². The molecule has 0 fully saturated rings. The lowest BCUT2D eigenvalue weighted by molar-refractivity contribution is -0.118. The van der Waals surface area contributed by atoms with Gasteiger partial charge in [-0.3, -0.25) is 48.1 Å². The molecule has 5 rings (SSSR count). The highest BCUT2D eigenvalue weighted by atomic mass is 32.2. The second kappa shape index (κ2) is 27.8. The molecule has 6 amide bonds. The maximum Gasteiger partial charge on any atom is 0.252 e. The Labute approximate surface area is 390 Å². The van der Waals surface area contributed by atoms with Gasteiger partial charge in [-0.15, -0.1) is 0 Å². The highest BCUT2D eigenvalue weighted by Crippen LogP contribution is 2.29. The summed E-state index contributed by atoms with van der Waals surface area (Å²) < 4.78 is 27.4. The van der Waals surface area contributed by atoms with Crippen LogP contribution < -0.4 is 33.2 Å². The lowest BCUT2D eigenvalue weighted by Crippen LogP contribution is -2.28. The number of nitrogens with zero attached hydrogens (tertiary/aromatic N) is 1. The molecule has 0 spiro atoms. The topological polar surface area (TPSA) is 281 Å². The van der Waals surface area contributed by atoms with E-state index in [1.165, 1.54) is 25.3 Å². The van der Waals surface area contributed by atoms with Crippen LogP contribution in [0.1, 0.15) is 78.0 Å². The van der Waals surface area contributed by atoms with E-state index in [1.54, 1.807) is 79.0 Å². The van der Waals surface area contributed by atoms with Gasteiger partial charge in [-0.05, 0) is 84.2 Å². The number of amides is 6. The quantitative estimate of drug-likeness (QED) is 0.0667. The van der Waals surface area contributed by atoms with Crippen molar-refractivity contribution in [3.63, 3.8) is 0 Å². The highest BCUT2D eigenvalue weighted by molar-refractivity contribution is 8.14. The molecule has 0 radical (unpaired) electrons. The van der Waals surface area contributed by atoms with Gasteiger partial charge >= 0.3 is 0 Å². The first-order chi connectivity index (χ1) is 31.5. The summed E-state index contributed by atoms with van der Waals surface area (Å²) in [5, 5.41) is 6.54. The van der Waals surface area contributed by atoms with Crippen molar-refractivity contribution < 1.29 is 51.9 Å². The maximum absolute atomic E-state index is 13.7. The van der Waals surface area contributed by atoms with Crippen molar-refractivity contribution in [2.24, 2.45) is 17.2 Å². The van der Waals surface area contributed by atoms with E-state index in [1.807, 2.05) is 0 Å². The van der Waals surface area contributed by atoms with Gasteiger partial charge < -0.3 is 33.2 Å². The summed E-state index contributed by atoms with van der Waals surface area (Å²) in [7, 11) is 0. The van der Waals surface area contributed by atoms with Gasteiger partial charge in [0.1, 0.15) is 17.2 Å². The van der Waals surface area contributed by atoms with Crippen LogP contribution in [0.15, 0.2) is 130 Å². The molecule has 0 aliphatic heterocycles. The number of aromatic nitrogens is 1. The number of nitrogens with two attached hydrogens (primary N) is 3. The number of carbonyl (C=O) groups is 9. The molecule has 0 atom stereocenters. The molecule has 21 heteroatoms. The largest absolute Gasteiger partial charge is 0.370 e. The Bertz CT molecular complexity index is 2550. The van der Waals surface area contributed by atoms with Crippen LogP contribution in [0, 0.1) is 11.6 Å². The molecular formula is C45H43F2N7O9S3. The Morgan fingerprint density at radius 2 is 0.879 bits per heavy atom. The number of rotatable bonds is 17. The highest BCUT2D eigenvalue weighted by Gasteiger charge is 2.21. The van der Waals surface area contributed by atoms with Crippen molar-refractivity contribution in [3.8, 4) is 0 Å². The van der Waals surface area contributed by atoms with Gasteiger partial charge in [0.15, 0.2) is 5.12 Å². The minimum atomic E-state index is -0.971. The Hall–Kier alpha value is -7.23. The van der Waals surface area contributed by atoms with Gasteiger partial charge in [0, 0.05) is 78.5 Å². The van der Waals surface area contributed by atoms with Gasteiger partial charge in [-0.25, -0.2) is 8.78 Å². The number of primary amides is 3. The summed E-state index contributed by atoms with van der Waals surface area (Å²) in [5.41, 5.74) is 15.7. The number of benzene rings is 4. The average Bonchev–Trinajstić information content (AvgIpc) is 3.27. The van der Waals surface area contributed by atoms with Crippen LogP contribution in [-0.2, 0) is 19.2 Å². The molecule has 0 unspecified atom stereocenters. The minimum absolute atomic E-state index is 0.0274. The Morgan fingerprint density at radius 1 is 0.500 bits per heavy atom. The third-order valence-electron chi connectivity index (χ3n) is 8.09. The molecular weight excluding hydrogens is 917 g/mol. The van der Waals surface area contributed by atoms with Crippen molar-refractivity contribution in [2.75, 3.05) is 19.6 Å². The van der Waals surface area contributed by atoms with Gasteiger partial charge in [-0.1, -0.05) is 54.2 Å². The molecule has 66 heavy (non-hydrogen) atoms. The average molecular weight is 960 g/mol. The van der Waals surface area contributed by atoms with E-state index >= 15 is 0 Å². The molecule has 4 aromatic carbocycles. The monoisotopic (exact) mass is 959 g/mol. The summed E-state index contributed by atoms with van der Waals surface area (Å²) in [4.78, 5) is 109. The molecule has 0 saturated carbocycles. The summed E-state index contributed by atoms with van der Waals surface area (Å²) in [5.74, 6) is -4.66. The number of hydrogen-bond donors (Lipinski definition) is 6. The molecule has 344 valence electrons. The third kappa shape index (κ3) is 18.5. The van der Waals surface area contributed by atoms with Crippen LogP contribution >= 0.6 is 35.3 Å². The molecule has 0 aliphatic carbocycles. The number of carbonyl (C=O) groups excluding carboxylic acids is 9. The maximum atomic E-state index is 13.7. The number of nitrogens with one attached hydrogen (secondary N) is 3. The van der Waals surface area contributed by atoms with Crippen LogP contribution in [-0.4, -0.2) is 75.4 Å². The van der Waals surface area contributed by atoms with E-state index in [9.17, 15) is 51.9 Å². The lowest BCUT2D eigenvalue weighted by atomic mass is 10.2. The van der Waals surface area contributed by atoms with Crippen LogP contribution in [0.25, 0.3) is 0 Å². The van der Waals surface area contributed by atoms with Gasteiger partial charge in [0.2, 0.25) is 28.0 Å². The molecule has 0 aliphatic rings. The van der Waals surface area contributed by atoms with Gasteiger partial charge in [0.25, 0.3) is 17.7 Å². The normalized spacial score (nSPS) is 10.1. The lowest BCUT2D eigenvalue weighted by Gasteiger charge is -2.09. The second-order valence-corrected chi connectivity index (χ2v) is 16.4. The summed E-state index contributed by atoms with van der Waals surface area (Å²) in [6.07, 6.45) is 3.19. The number of thioether (sulfide) groups is 3. The van der Waals surface area contributed by atoms with E-state index in [-0.39, 0.29) is 71.4 Å². The fourth-order valence-corrected chi connectivity index (χ4v) is 7.55. The van der Waals surface area contributed by atoms with Crippen molar-refractivity contribution in [2.45, 2.75) is 40.9 Å². The smallest absolute Gasteiger partial charge is 0.252 e. The van der Waals surface area contributed by atoms with E-state index < -0.39 is 45.9 Å². The van der Waals surface area contributed by atoms with Gasteiger partial charge in [0.05, 0.1) is 16.7 Å². The minimum Gasteiger partial charge on any atom is -0.370 e. The molecule has 5 aromatic rings. The third-order valence-corrected chi connectivity index (χ3v) is 10.9. The molecule has 0 saturated heterocycles. The van der Waals surface area contributed by atoms with Crippen molar-refractivity contribution in [1.82, 2.24) is 20.9 Å². The Kier molecular flexibility index (Phi) is 22.4. The Morgan fingerprint density at radius 3 is 1.24 bits per heavy atom. The molecule has 1 heterocycles. The van der Waals surface area contributed by atoms with Crippen LogP contribution in [0.2, 0.25) is 0 Å². The van der Waals surface area contributed by atoms with Gasteiger partial charge in [-0.2, -0.15) is 0 Å². The number of halogens is 2. The Balaban J connectivity index is 0.000000266. The number of hydrogen-bond acceptors (Lipinski definition) is 13. The van der Waals surface area contributed by atoms with E-state index in [0.29, 0.717) is 38.2 Å². The zero-order chi connectivity index (χ0) is 48.6. The SMILES string of the molecule is CC(=O)Sc1ccccc1C(=O)NCCC(N)=O.NC(=O)CCNC(=O)c1ccccc1SC(=O)c1c(F)cccc1F.NC(=O)CCNC(=O)c1ccccc1SC(=O)c1cccnc1. The molecule has 16 nitrogen and oxygen atoms in total. The second-order valence-electron chi connectivity index (χ2n) is 13.1. The molecule has 0 bridgehead atoms. The van der Waals surface area contributed by atoms with Crippen LogP contribution in [0.4, 0.5) is 8.78 Å². The first kappa shape index (κ1) is 53.1. The standard InChI is InChI=1S/C17H14F2N2O3S.C16H15N3O3S.C12H14N2O3S/c18-11-5-3-6-12(19)15(11)17(24)25-13-7-2-1-4-10(13)16(23)21-9-8-14(20)22;17-14(20)7-9-19-15(21)12-5-1-2-6-13(12)23-16(22)11-4-3-8-18-10-11;1-8(15)18-10-5-3-2-4-9(10)12(17)14-7-6-11(13)16/h1-7H,8-9H2,(H2,20,22)(H,21,23);1-6,8,10H,7,9H2,(H2,17,20)(H,19,21);2-5H,6-7H2,1H3,(H2,13,16)(H,14,17). The summed E-state index contributed by atoms with van der Waals surface area (Å²) >= 11 is 2.51. The van der Waals surface area contributed by atoms with E-state index in [2.05, 4.69) is 20.9 Å². The van der Waals surface area contributed by atoms with Crippen LogP contribution in [0.3, 0.4) is 0 Å². The zero-order valence-corrected chi connectivity index (χ0v) is 37.5. The molecule has 9 N–H and O–H groups in total. The predicted octanol–water partition coefficient (Wildman–Crippen LogP) is 5.05. The number of pyridine rings is 1.